The van der Waals surface area contributed by atoms with Gasteiger partial charge in [-0.15, -0.1) is 11.3 Å². The van der Waals surface area contributed by atoms with Crippen molar-refractivity contribution < 1.29 is 9.47 Å². The number of thiophene rings is 1. The molecule has 3 rings (SSSR count). The van der Waals surface area contributed by atoms with Crippen molar-refractivity contribution in [1.29, 1.82) is 0 Å². The van der Waals surface area contributed by atoms with Crippen molar-refractivity contribution in [2.45, 2.75) is 19.4 Å². The molecule has 1 aromatic carbocycles. The number of anilines is 1. The number of ether oxygens (including phenoxy) is 2. The first-order valence-electron chi connectivity index (χ1n) is 9.66. The van der Waals surface area contributed by atoms with Gasteiger partial charge >= 0.3 is 0 Å². The number of hydrogen-bond acceptors (Lipinski definition) is 5. The number of nitrogens with one attached hydrogen (secondary N) is 2. The Morgan fingerprint density at radius 1 is 1.18 bits per heavy atom. The van der Waals surface area contributed by atoms with Gasteiger partial charge in [0.05, 0.1) is 14.2 Å². The maximum Gasteiger partial charge on any atom is 0.195 e. The summed E-state index contributed by atoms with van der Waals surface area (Å²) in [6.07, 6.45) is 2.43. The van der Waals surface area contributed by atoms with Crippen LogP contribution < -0.4 is 20.1 Å². The third-order valence-electron chi connectivity index (χ3n) is 5.09. The molecule has 1 aliphatic rings. The fraction of sp³-hybridized carbons (Fsp3) is 0.476. The predicted octanol–water partition coefficient (Wildman–Crippen LogP) is 3.66. The second-order valence-corrected chi connectivity index (χ2v) is 7.98. The van der Waals surface area contributed by atoms with E-state index in [0.29, 0.717) is 17.4 Å². The summed E-state index contributed by atoms with van der Waals surface area (Å²) in [5.74, 6) is 2.85. The zero-order valence-electron chi connectivity index (χ0n) is 16.9. The Bertz CT molecular complexity index is 756. The molecule has 7 heteroatoms. The van der Waals surface area contributed by atoms with Gasteiger partial charge in [-0.3, -0.25) is 9.89 Å². The summed E-state index contributed by atoms with van der Waals surface area (Å²) in [5, 5.41) is 8.95. The van der Waals surface area contributed by atoms with Gasteiger partial charge < -0.3 is 20.1 Å². The number of aliphatic imine (C=N–C) groups is 1. The first-order valence-corrected chi connectivity index (χ1v) is 10.5. The van der Waals surface area contributed by atoms with Crippen molar-refractivity contribution in [2.24, 2.45) is 10.9 Å². The van der Waals surface area contributed by atoms with Crippen LogP contribution >= 0.6 is 11.3 Å². The van der Waals surface area contributed by atoms with Crippen LogP contribution in [0.3, 0.4) is 0 Å². The van der Waals surface area contributed by atoms with E-state index in [4.69, 9.17) is 9.47 Å². The summed E-state index contributed by atoms with van der Waals surface area (Å²) < 4.78 is 10.7. The van der Waals surface area contributed by atoms with Gasteiger partial charge in [0.2, 0.25) is 0 Å². The van der Waals surface area contributed by atoms with Gasteiger partial charge in [-0.25, -0.2) is 0 Å². The van der Waals surface area contributed by atoms with Crippen molar-refractivity contribution in [1.82, 2.24) is 10.2 Å². The van der Waals surface area contributed by atoms with Gasteiger partial charge in [-0.05, 0) is 55.4 Å². The van der Waals surface area contributed by atoms with E-state index in [1.54, 1.807) is 21.3 Å². The minimum Gasteiger partial charge on any atom is -0.493 e. The Labute approximate surface area is 171 Å². The zero-order valence-corrected chi connectivity index (χ0v) is 17.7. The van der Waals surface area contributed by atoms with Crippen LogP contribution in [0, 0.1) is 5.92 Å². The number of nitrogens with zero attached hydrogens (tertiary/aromatic N) is 2. The molecule has 1 aliphatic heterocycles. The average molecular weight is 403 g/mol. The summed E-state index contributed by atoms with van der Waals surface area (Å²) in [7, 11) is 5.07. The number of likely N-dealkylation sites (tertiary alicyclic amines) is 1. The molecule has 152 valence electrons. The minimum absolute atomic E-state index is 0.670. The van der Waals surface area contributed by atoms with Crippen molar-refractivity contribution in [3.05, 3.63) is 40.6 Å². The van der Waals surface area contributed by atoms with Crippen molar-refractivity contribution in [2.75, 3.05) is 46.2 Å². The topological polar surface area (TPSA) is 58.1 Å². The maximum atomic E-state index is 5.37. The highest BCUT2D eigenvalue weighted by Crippen LogP contribution is 2.29. The highest BCUT2D eigenvalue weighted by Gasteiger charge is 2.19. The predicted molar refractivity (Wildman–Crippen MR) is 117 cm³/mol. The SMILES string of the molecule is CN=C(NCC1CCN(Cc2cccs2)CC1)Nc1ccc(OC)c(OC)c1. The molecule has 6 nitrogen and oxygen atoms in total. The molecule has 0 radical (unpaired) electrons. The van der Waals surface area contributed by atoms with Gasteiger partial charge in [0.15, 0.2) is 17.5 Å². The van der Waals surface area contributed by atoms with Crippen LogP contribution in [-0.4, -0.2) is 51.8 Å². The Morgan fingerprint density at radius 3 is 2.61 bits per heavy atom. The third-order valence-corrected chi connectivity index (χ3v) is 5.96. The van der Waals surface area contributed by atoms with E-state index in [9.17, 15) is 0 Å². The Kier molecular flexibility index (Phi) is 7.56. The summed E-state index contributed by atoms with van der Waals surface area (Å²) >= 11 is 1.85. The van der Waals surface area contributed by atoms with E-state index in [2.05, 4.69) is 38.0 Å². The Balaban J connectivity index is 1.44. The molecule has 0 atom stereocenters. The summed E-state index contributed by atoms with van der Waals surface area (Å²) in [6.45, 7) is 4.33. The molecular weight excluding hydrogens is 372 g/mol. The van der Waals surface area contributed by atoms with Crippen LogP contribution in [-0.2, 0) is 6.54 Å². The standard InChI is InChI=1S/C21H30N4O2S/c1-22-21(24-17-6-7-19(26-2)20(13-17)27-3)23-14-16-8-10-25(11-9-16)15-18-5-4-12-28-18/h4-7,12-13,16H,8-11,14-15H2,1-3H3,(H2,22,23,24). The largest absolute Gasteiger partial charge is 0.493 e. The molecule has 1 aromatic heterocycles. The first-order chi connectivity index (χ1) is 13.7. The molecule has 2 N–H and O–H groups in total. The molecule has 2 heterocycles. The molecule has 0 spiro atoms. The molecule has 1 saturated heterocycles. The number of piperidine rings is 1. The molecule has 1 fully saturated rings. The molecule has 0 amide bonds. The molecule has 0 aliphatic carbocycles. The summed E-state index contributed by atoms with van der Waals surface area (Å²) in [5.41, 5.74) is 0.913. The van der Waals surface area contributed by atoms with Gasteiger partial charge in [0, 0.05) is 36.8 Å². The fourth-order valence-corrected chi connectivity index (χ4v) is 4.19. The van der Waals surface area contributed by atoms with E-state index < -0.39 is 0 Å². The number of hydrogen-bond donors (Lipinski definition) is 2. The fourth-order valence-electron chi connectivity index (χ4n) is 3.44. The van der Waals surface area contributed by atoms with Crippen LogP contribution in [0.25, 0.3) is 0 Å². The lowest BCUT2D eigenvalue weighted by molar-refractivity contribution is 0.179. The summed E-state index contributed by atoms with van der Waals surface area (Å²) in [6, 6.07) is 10.1. The van der Waals surface area contributed by atoms with Crippen LogP contribution in [0.1, 0.15) is 17.7 Å². The first kappa shape index (κ1) is 20.5. The van der Waals surface area contributed by atoms with E-state index in [1.165, 1.54) is 17.7 Å². The van der Waals surface area contributed by atoms with E-state index >= 15 is 0 Å². The third kappa shape index (κ3) is 5.62. The maximum absolute atomic E-state index is 5.37. The highest BCUT2D eigenvalue weighted by atomic mass is 32.1. The number of methoxy groups -OCH3 is 2. The van der Waals surface area contributed by atoms with Gasteiger partial charge in [-0.2, -0.15) is 0 Å². The van der Waals surface area contributed by atoms with Gasteiger partial charge in [0.1, 0.15) is 0 Å². The van der Waals surface area contributed by atoms with Crippen molar-refractivity contribution in [3.63, 3.8) is 0 Å². The smallest absolute Gasteiger partial charge is 0.195 e. The Morgan fingerprint density at radius 2 is 1.96 bits per heavy atom. The number of guanidine groups is 1. The van der Waals surface area contributed by atoms with E-state index in [0.717, 1.165) is 37.8 Å². The molecular formula is C21H30N4O2S. The number of benzene rings is 1. The van der Waals surface area contributed by atoms with Crippen LogP contribution in [0.2, 0.25) is 0 Å². The average Bonchev–Trinajstić information content (AvgIpc) is 3.25. The van der Waals surface area contributed by atoms with Gasteiger partial charge in [0.25, 0.3) is 0 Å². The van der Waals surface area contributed by atoms with E-state index in [1.807, 2.05) is 29.5 Å². The van der Waals surface area contributed by atoms with E-state index in [-0.39, 0.29) is 0 Å². The van der Waals surface area contributed by atoms with Gasteiger partial charge in [-0.1, -0.05) is 6.07 Å². The molecule has 0 unspecified atom stereocenters. The monoisotopic (exact) mass is 402 g/mol. The van der Waals surface area contributed by atoms with Crippen LogP contribution in [0.15, 0.2) is 40.7 Å². The molecule has 2 aromatic rings. The lowest BCUT2D eigenvalue weighted by Crippen LogP contribution is -2.40. The Hall–Kier alpha value is -2.25. The number of rotatable bonds is 7. The molecule has 28 heavy (non-hydrogen) atoms. The molecule has 0 saturated carbocycles. The lowest BCUT2D eigenvalue weighted by Gasteiger charge is -2.32. The normalized spacial score (nSPS) is 16.0. The zero-order chi connectivity index (χ0) is 19.8. The highest BCUT2D eigenvalue weighted by molar-refractivity contribution is 7.09. The summed E-state index contributed by atoms with van der Waals surface area (Å²) in [4.78, 5) is 8.35. The quantitative estimate of drug-likeness (QED) is 0.547. The second-order valence-electron chi connectivity index (χ2n) is 6.95. The van der Waals surface area contributed by atoms with Crippen LogP contribution in [0.5, 0.6) is 11.5 Å². The minimum atomic E-state index is 0.670. The van der Waals surface area contributed by atoms with Crippen molar-refractivity contribution in [3.8, 4) is 11.5 Å². The molecule has 0 bridgehead atoms. The van der Waals surface area contributed by atoms with Crippen LogP contribution in [0.4, 0.5) is 5.69 Å². The second kappa shape index (κ2) is 10.3. The van der Waals surface area contributed by atoms with Crippen molar-refractivity contribution >= 4 is 23.0 Å². The lowest BCUT2D eigenvalue weighted by atomic mass is 9.97.